The molecule has 2 nitrogen and oxygen atoms in total. The number of aliphatic hydroxyl groups is 1. The second-order valence-electron chi connectivity index (χ2n) is 6.41. The summed E-state index contributed by atoms with van der Waals surface area (Å²) >= 11 is 0. The summed E-state index contributed by atoms with van der Waals surface area (Å²) in [5, 5.41) is 10.3. The summed E-state index contributed by atoms with van der Waals surface area (Å²) in [6, 6.07) is 4.53. The number of β-amino-alcohol motifs (C(OH)–C–C–N with tert-alkyl or cyclic N) is 1. The molecule has 1 N–H and O–H groups in total. The molecule has 1 aliphatic carbocycles. The maximum atomic E-state index is 13.8. The Labute approximate surface area is 124 Å². The number of rotatable bonds is 3. The lowest BCUT2D eigenvalue weighted by Gasteiger charge is -2.44. The molecule has 2 fully saturated rings. The fourth-order valence-corrected chi connectivity index (χ4v) is 4.05. The summed E-state index contributed by atoms with van der Waals surface area (Å²) in [5.74, 6) is -1.08. The summed E-state index contributed by atoms with van der Waals surface area (Å²) in [5.41, 5.74) is 0.0768. The molecule has 1 aliphatic heterocycles. The van der Waals surface area contributed by atoms with E-state index in [0.29, 0.717) is 12.6 Å². The number of hydrogen-bond acceptors (Lipinski definition) is 2. The van der Waals surface area contributed by atoms with E-state index in [1.807, 2.05) is 0 Å². The number of fused-ring (bicyclic) bond motifs is 1. The molecular formula is C17H23F2NO. The minimum atomic E-state index is -0.957. The smallest absolute Gasteiger partial charge is 0.164 e. The van der Waals surface area contributed by atoms with Crippen LogP contribution in [0.2, 0.25) is 0 Å². The van der Waals surface area contributed by atoms with Gasteiger partial charge in [-0.3, -0.25) is 4.90 Å². The van der Waals surface area contributed by atoms with Crippen LogP contribution in [0.5, 0.6) is 0 Å². The number of hydrogen-bond donors (Lipinski definition) is 1. The molecule has 3 unspecified atom stereocenters. The molecule has 0 bridgehead atoms. The fourth-order valence-electron chi connectivity index (χ4n) is 4.05. The first-order chi connectivity index (χ1) is 10.2. The van der Waals surface area contributed by atoms with E-state index < -0.39 is 17.7 Å². The van der Waals surface area contributed by atoms with Gasteiger partial charge in [-0.1, -0.05) is 25.0 Å². The molecule has 3 rings (SSSR count). The highest BCUT2D eigenvalue weighted by atomic mass is 19.2. The Kier molecular flexibility index (Phi) is 4.55. The Morgan fingerprint density at radius 1 is 1.14 bits per heavy atom. The summed E-state index contributed by atoms with van der Waals surface area (Å²) in [6.07, 6.45) is 6.43. The molecule has 3 atom stereocenters. The van der Waals surface area contributed by atoms with Crippen LogP contribution in [0, 0.1) is 17.6 Å². The van der Waals surface area contributed by atoms with Gasteiger partial charge in [-0.05, 0) is 44.2 Å². The van der Waals surface area contributed by atoms with E-state index in [2.05, 4.69) is 4.90 Å². The molecule has 0 aromatic heterocycles. The third-order valence-corrected chi connectivity index (χ3v) is 5.11. The molecule has 2 aliphatic rings. The van der Waals surface area contributed by atoms with Crippen LogP contribution < -0.4 is 0 Å². The first kappa shape index (κ1) is 14.9. The number of benzene rings is 1. The minimum Gasteiger partial charge on any atom is -0.387 e. The topological polar surface area (TPSA) is 23.5 Å². The van der Waals surface area contributed by atoms with Crippen molar-refractivity contribution >= 4 is 0 Å². The summed E-state index contributed by atoms with van der Waals surface area (Å²) in [6.45, 7) is 1.36. The zero-order chi connectivity index (χ0) is 14.8. The molecule has 1 heterocycles. The molecule has 4 heteroatoms. The zero-order valence-corrected chi connectivity index (χ0v) is 12.3. The van der Waals surface area contributed by atoms with Crippen molar-refractivity contribution in [2.75, 3.05) is 13.1 Å². The van der Waals surface area contributed by atoms with Gasteiger partial charge in [-0.25, -0.2) is 8.78 Å². The van der Waals surface area contributed by atoms with Crippen LogP contribution in [0.15, 0.2) is 18.2 Å². The summed E-state index contributed by atoms with van der Waals surface area (Å²) in [4.78, 5) is 2.29. The van der Waals surface area contributed by atoms with Gasteiger partial charge in [0.1, 0.15) is 0 Å². The molecule has 1 aromatic carbocycles. The third kappa shape index (κ3) is 3.11. The van der Waals surface area contributed by atoms with Gasteiger partial charge in [-0.2, -0.15) is 0 Å². The Hall–Kier alpha value is -1.00. The SMILES string of the molecule is OC(CN1CCCC2CCCCC21)c1cccc(F)c1F. The third-order valence-electron chi connectivity index (χ3n) is 5.11. The molecule has 0 spiro atoms. The zero-order valence-electron chi connectivity index (χ0n) is 12.3. The first-order valence-electron chi connectivity index (χ1n) is 8.03. The standard InChI is InChI=1S/C17H23F2NO/c18-14-8-3-7-13(17(14)19)16(21)11-20-10-4-6-12-5-1-2-9-15(12)20/h3,7-8,12,15-16,21H,1-2,4-6,9-11H2. The van der Waals surface area contributed by atoms with Gasteiger partial charge >= 0.3 is 0 Å². The highest BCUT2D eigenvalue weighted by Gasteiger charge is 2.34. The van der Waals surface area contributed by atoms with Gasteiger partial charge in [0.2, 0.25) is 0 Å². The second kappa shape index (κ2) is 6.41. The molecule has 0 radical (unpaired) electrons. The molecule has 1 saturated heterocycles. The van der Waals surface area contributed by atoms with Crippen molar-refractivity contribution in [1.82, 2.24) is 4.90 Å². The normalized spacial score (nSPS) is 28.1. The molecular weight excluding hydrogens is 272 g/mol. The van der Waals surface area contributed by atoms with Crippen LogP contribution in [0.25, 0.3) is 0 Å². The molecule has 0 amide bonds. The Balaban J connectivity index is 1.71. The van der Waals surface area contributed by atoms with E-state index in [1.165, 1.54) is 44.2 Å². The Morgan fingerprint density at radius 3 is 2.76 bits per heavy atom. The van der Waals surface area contributed by atoms with Crippen LogP contribution in [0.1, 0.15) is 50.2 Å². The van der Waals surface area contributed by atoms with Crippen molar-refractivity contribution in [1.29, 1.82) is 0 Å². The van der Waals surface area contributed by atoms with Gasteiger partial charge < -0.3 is 5.11 Å². The fraction of sp³-hybridized carbons (Fsp3) is 0.647. The molecule has 1 saturated carbocycles. The maximum Gasteiger partial charge on any atom is 0.164 e. The van der Waals surface area contributed by atoms with Crippen molar-refractivity contribution in [2.24, 2.45) is 5.92 Å². The Morgan fingerprint density at radius 2 is 1.90 bits per heavy atom. The average molecular weight is 295 g/mol. The largest absolute Gasteiger partial charge is 0.387 e. The van der Waals surface area contributed by atoms with Gasteiger partial charge in [0.25, 0.3) is 0 Å². The van der Waals surface area contributed by atoms with Gasteiger partial charge in [0.05, 0.1) is 6.10 Å². The van der Waals surface area contributed by atoms with E-state index in [4.69, 9.17) is 0 Å². The van der Waals surface area contributed by atoms with Gasteiger partial charge in [0.15, 0.2) is 11.6 Å². The van der Waals surface area contributed by atoms with Gasteiger partial charge in [0, 0.05) is 18.2 Å². The number of halogens is 2. The Bertz CT molecular complexity index is 492. The molecule has 1 aromatic rings. The number of piperidine rings is 1. The van der Waals surface area contributed by atoms with Crippen LogP contribution in [-0.4, -0.2) is 29.1 Å². The lowest BCUT2D eigenvalue weighted by atomic mass is 9.78. The number of likely N-dealkylation sites (tertiary alicyclic amines) is 1. The maximum absolute atomic E-state index is 13.8. The van der Waals surface area contributed by atoms with Crippen LogP contribution in [-0.2, 0) is 0 Å². The molecule has 116 valence electrons. The average Bonchev–Trinajstić information content (AvgIpc) is 2.50. The van der Waals surface area contributed by atoms with Crippen LogP contribution in [0.4, 0.5) is 8.78 Å². The second-order valence-corrected chi connectivity index (χ2v) is 6.41. The van der Waals surface area contributed by atoms with Crippen molar-refractivity contribution < 1.29 is 13.9 Å². The van der Waals surface area contributed by atoms with E-state index >= 15 is 0 Å². The van der Waals surface area contributed by atoms with E-state index in [1.54, 1.807) is 0 Å². The van der Waals surface area contributed by atoms with E-state index in [9.17, 15) is 13.9 Å². The van der Waals surface area contributed by atoms with Crippen molar-refractivity contribution in [3.05, 3.63) is 35.4 Å². The van der Waals surface area contributed by atoms with Gasteiger partial charge in [-0.15, -0.1) is 0 Å². The quantitative estimate of drug-likeness (QED) is 0.920. The summed E-state index contributed by atoms with van der Waals surface area (Å²) in [7, 11) is 0. The lowest BCUT2D eigenvalue weighted by Crippen LogP contribution is -2.48. The number of nitrogens with zero attached hydrogens (tertiary/aromatic N) is 1. The number of aliphatic hydroxyl groups excluding tert-OH is 1. The monoisotopic (exact) mass is 295 g/mol. The van der Waals surface area contributed by atoms with Crippen molar-refractivity contribution in [2.45, 2.75) is 50.7 Å². The van der Waals surface area contributed by atoms with Crippen LogP contribution >= 0.6 is 0 Å². The van der Waals surface area contributed by atoms with E-state index in [-0.39, 0.29) is 5.56 Å². The van der Waals surface area contributed by atoms with Crippen molar-refractivity contribution in [3.63, 3.8) is 0 Å². The molecule has 21 heavy (non-hydrogen) atoms. The predicted molar refractivity (Wildman–Crippen MR) is 77.9 cm³/mol. The van der Waals surface area contributed by atoms with E-state index in [0.717, 1.165) is 24.9 Å². The lowest BCUT2D eigenvalue weighted by molar-refractivity contribution is 0.0194. The van der Waals surface area contributed by atoms with Crippen molar-refractivity contribution in [3.8, 4) is 0 Å². The highest BCUT2D eigenvalue weighted by Crippen LogP contribution is 2.36. The highest BCUT2D eigenvalue weighted by molar-refractivity contribution is 5.21. The predicted octanol–water partition coefficient (Wildman–Crippen LogP) is 3.65. The first-order valence-corrected chi connectivity index (χ1v) is 8.03. The summed E-state index contributed by atoms with van der Waals surface area (Å²) < 4.78 is 27.1. The minimum absolute atomic E-state index is 0.0768. The van der Waals surface area contributed by atoms with Crippen LogP contribution in [0.3, 0.4) is 0 Å².